The lowest BCUT2D eigenvalue weighted by Gasteiger charge is -2.23. The van der Waals surface area contributed by atoms with E-state index in [1.165, 1.54) is 12.8 Å². The molecule has 1 saturated heterocycles. The number of H-pyrrole nitrogens is 1. The van der Waals surface area contributed by atoms with Crippen molar-refractivity contribution in [3.8, 4) is 0 Å². The van der Waals surface area contributed by atoms with Crippen LogP contribution in [0.25, 0.3) is 10.9 Å². The van der Waals surface area contributed by atoms with Crippen LogP contribution >= 0.6 is 11.8 Å². The van der Waals surface area contributed by atoms with Gasteiger partial charge in [-0.15, -0.1) is 11.8 Å². The highest BCUT2D eigenvalue weighted by Crippen LogP contribution is 2.28. The molecule has 2 aliphatic rings. The first kappa shape index (κ1) is 14.6. The van der Waals surface area contributed by atoms with Crippen molar-refractivity contribution in [2.75, 3.05) is 18.2 Å². The molecule has 1 unspecified atom stereocenters. The van der Waals surface area contributed by atoms with E-state index < -0.39 is 0 Å². The molecular weight excluding hydrogens is 310 g/mol. The van der Waals surface area contributed by atoms with E-state index in [0.29, 0.717) is 23.1 Å². The number of carbonyl (C=O) groups is 2. The van der Waals surface area contributed by atoms with Gasteiger partial charge in [0.2, 0.25) is 5.91 Å². The number of carbonyl (C=O) groups excluding carboxylic acids is 2. The van der Waals surface area contributed by atoms with Crippen LogP contribution < -0.4 is 5.32 Å². The van der Waals surface area contributed by atoms with Gasteiger partial charge in [-0.25, -0.2) is 0 Å². The van der Waals surface area contributed by atoms with Gasteiger partial charge in [-0.3, -0.25) is 9.59 Å². The minimum atomic E-state index is -0.354. The van der Waals surface area contributed by atoms with Crippen LogP contribution in [0.5, 0.6) is 0 Å². The summed E-state index contributed by atoms with van der Waals surface area (Å²) in [5, 5.41) is 4.01. The van der Waals surface area contributed by atoms with Crippen LogP contribution in [0.4, 0.5) is 0 Å². The Bertz CT molecular complexity index is 753. The molecule has 6 heteroatoms. The van der Waals surface area contributed by atoms with Gasteiger partial charge in [0.25, 0.3) is 5.91 Å². The van der Waals surface area contributed by atoms with Crippen molar-refractivity contribution in [3.63, 3.8) is 0 Å². The molecule has 1 aliphatic heterocycles. The molecule has 0 radical (unpaired) electrons. The Balaban J connectivity index is 1.50. The first-order chi connectivity index (χ1) is 11.2. The van der Waals surface area contributed by atoms with Gasteiger partial charge in [-0.1, -0.05) is 0 Å². The number of amides is 2. The van der Waals surface area contributed by atoms with Crippen LogP contribution in [0.3, 0.4) is 0 Å². The van der Waals surface area contributed by atoms with Crippen molar-refractivity contribution in [1.82, 2.24) is 15.2 Å². The Kier molecular flexibility index (Phi) is 3.77. The smallest absolute Gasteiger partial charge is 0.255 e. The molecule has 4 rings (SSSR count). The normalized spacial score (nSPS) is 20.9. The Morgan fingerprint density at radius 2 is 2.17 bits per heavy atom. The molecule has 1 aromatic heterocycles. The van der Waals surface area contributed by atoms with Crippen LogP contribution in [0.15, 0.2) is 30.5 Å². The van der Waals surface area contributed by atoms with Gasteiger partial charge < -0.3 is 15.2 Å². The minimum Gasteiger partial charge on any atom is -0.361 e. The molecular formula is C17H19N3O2S. The maximum Gasteiger partial charge on any atom is 0.255 e. The molecule has 120 valence electrons. The average molecular weight is 329 g/mol. The predicted octanol–water partition coefficient (Wildman–Crippen LogP) is 2.21. The molecule has 1 aromatic carbocycles. The summed E-state index contributed by atoms with van der Waals surface area (Å²) in [5.74, 6) is 1.82. The van der Waals surface area contributed by atoms with E-state index in [2.05, 4.69) is 10.3 Å². The number of benzene rings is 1. The second-order valence-corrected chi connectivity index (χ2v) is 7.26. The number of thioether (sulfide) groups is 1. The van der Waals surface area contributed by atoms with Crippen LogP contribution in [-0.4, -0.2) is 45.9 Å². The van der Waals surface area contributed by atoms with E-state index >= 15 is 0 Å². The van der Waals surface area contributed by atoms with Crippen molar-refractivity contribution >= 4 is 34.5 Å². The second kappa shape index (κ2) is 5.92. The molecule has 1 atom stereocenters. The molecule has 1 saturated carbocycles. The van der Waals surface area contributed by atoms with E-state index in [1.54, 1.807) is 16.7 Å². The fourth-order valence-electron chi connectivity index (χ4n) is 2.90. The summed E-state index contributed by atoms with van der Waals surface area (Å²) in [4.78, 5) is 30.0. The lowest BCUT2D eigenvalue weighted by molar-refractivity contribution is -0.124. The van der Waals surface area contributed by atoms with Crippen molar-refractivity contribution in [1.29, 1.82) is 0 Å². The summed E-state index contributed by atoms with van der Waals surface area (Å²) in [6.45, 7) is 0.747. The van der Waals surface area contributed by atoms with Crippen LogP contribution in [-0.2, 0) is 4.79 Å². The lowest BCUT2D eigenvalue weighted by Crippen LogP contribution is -2.47. The number of nitrogens with one attached hydrogen (secondary N) is 2. The Hall–Kier alpha value is -1.95. The number of aromatic amines is 1. The van der Waals surface area contributed by atoms with E-state index in [9.17, 15) is 9.59 Å². The highest BCUT2D eigenvalue weighted by Gasteiger charge is 2.35. The first-order valence-electron chi connectivity index (χ1n) is 7.96. The standard InChI is InChI=1S/C17H19N3O2S/c21-16(19-8-11-1-2-11)15-9-23-10-20(15)17(22)13-3-4-14-12(7-13)5-6-18-14/h3-7,11,15,18H,1-2,8-10H2,(H,19,21). The topological polar surface area (TPSA) is 65.2 Å². The van der Waals surface area contributed by atoms with E-state index in [4.69, 9.17) is 0 Å². The van der Waals surface area contributed by atoms with Crippen molar-refractivity contribution in [2.45, 2.75) is 18.9 Å². The summed E-state index contributed by atoms with van der Waals surface area (Å²) in [5.41, 5.74) is 1.65. The molecule has 2 heterocycles. The summed E-state index contributed by atoms with van der Waals surface area (Å²) in [6, 6.07) is 7.21. The van der Waals surface area contributed by atoms with Gasteiger partial charge in [0.15, 0.2) is 0 Å². The third-order valence-corrected chi connectivity index (χ3v) is 5.52. The zero-order valence-corrected chi connectivity index (χ0v) is 13.6. The van der Waals surface area contributed by atoms with Crippen LogP contribution in [0.2, 0.25) is 0 Å². The Morgan fingerprint density at radius 3 is 3.00 bits per heavy atom. The molecule has 2 N–H and O–H groups in total. The molecule has 2 amide bonds. The second-order valence-electron chi connectivity index (χ2n) is 6.26. The average Bonchev–Trinajstić information content (AvgIpc) is 3.08. The molecule has 0 spiro atoms. The molecule has 1 aliphatic carbocycles. The third-order valence-electron chi connectivity index (χ3n) is 4.51. The largest absolute Gasteiger partial charge is 0.361 e. The Morgan fingerprint density at radius 1 is 1.30 bits per heavy atom. The SMILES string of the molecule is O=C(NCC1CC1)C1CSCN1C(=O)c1ccc2[nH]ccc2c1. The molecule has 0 bridgehead atoms. The Labute approximate surface area is 138 Å². The van der Waals surface area contributed by atoms with Gasteiger partial charge >= 0.3 is 0 Å². The van der Waals surface area contributed by atoms with Gasteiger partial charge in [0.1, 0.15) is 6.04 Å². The summed E-state index contributed by atoms with van der Waals surface area (Å²) in [6.07, 6.45) is 4.27. The van der Waals surface area contributed by atoms with E-state index in [-0.39, 0.29) is 17.9 Å². The number of hydrogen-bond donors (Lipinski definition) is 2. The lowest BCUT2D eigenvalue weighted by atomic mass is 10.1. The van der Waals surface area contributed by atoms with Gasteiger partial charge in [0.05, 0.1) is 5.88 Å². The van der Waals surface area contributed by atoms with E-state index in [1.807, 2.05) is 30.5 Å². The monoisotopic (exact) mass is 329 g/mol. The van der Waals surface area contributed by atoms with Crippen molar-refractivity contribution < 1.29 is 9.59 Å². The fourth-order valence-corrected chi connectivity index (χ4v) is 4.05. The number of aromatic nitrogens is 1. The van der Waals surface area contributed by atoms with Gasteiger partial charge in [0, 0.05) is 35.0 Å². The van der Waals surface area contributed by atoms with Gasteiger partial charge in [-0.05, 0) is 43.0 Å². The molecule has 2 aromatic rings. The maximum atomic E-state index is 12.8. The minimum absolute atomic E-state index is 0.0158. The number of hydrogen-bond acceptors (Lipinski definition) is 3. The number of rotatable bonds is 4. The van der Waals surface area contributed by atoms with E-state index in [0.717, 1.165) is 17.4 Å². The fraction of sp³-hybridized carbons (Fsp3) is 0.412. The summed E-state index contributed by atoms with van der Waals surface area (Å²) >= 11 is 1.63. The highest BCUT2D eigenvalue weighted by molar-refractivity contribution is 7.99. The highest BCUT2D eigenvalue weighted by atomic mass is 32.2. The zero-order chi connectivity index (χ0) is 15.8. The molecule has 2 fully saturated rings. The number of fused-ring (bicyclic) bond motifs is 1. The van der Waals surface area contributed by atoms with Crippen molar-refractivity contribution in [3.05, 3.63) is 36.0 Å². The van der Waals surface area contributed by atoms with Crippen molar-refractivity contribution in [2.24, 2.45) is 5.92 Å². The first-order valence-corrected chi connectivity index (χ1v) is 9.11. The summed E-state index contributed by atoms with van der Waals surface area (Å²) < 4.78 is 0. The summed E-state index contributed by atoms with van der Waals surface area (Å²) in [7, 11) is 0. The maximum absolute atomic E-state index is 12.8. The predicted molar refractivity (Wildman–Crippen MR) is 91.3 cm³/mol. The van der Waals surface area contributed by atoms with Crippen LogP contribution in [0.1, 0.15) is 23.2 Å². The number of nitrogens with zero attached hydrogens (tertiary/aromatic N) is 1. The molecule has 5 nitrogen and oxygen atoms in total. The van der Waals surface area contributed by atoms with Crippen LogP contribution in [0, 0.1) is 5.92 Å². The van der Waals surface area contributed by atoms with Gasteiger partial charge in [-0.2, -0.15) is 0 Å². The zero-order valence-electron chi connectivity index (χ0n) is 12.7. The quantitative estimate of drug-likeness (QED) is 0.904. The molecule has 23 heavy (non-hydrogen) atoms. The third kappa shape index (κ3) is 2.95.